The number of nitrogens with zero attached hydrogens (tertiary/aromatic N) is 1. The van der Waals surface area contributed by atoms with Crippen LogP contribution in [0.4, 0.5) is 4.79 Å². The van der Waals surface area contributed by atoms with Crippen molar-refractivity contribution in [2.75, 3.05) is 13.2 Å². The summed E-state index contributed by atoms with van der Waals surface area (Å²) in [6, 6.07) is 2.69. The summed E-state index contributed by atoms with van der Waals surface area (Å²) in [7, 11) is 0. The largest absolute Gasteiger partial charge is 0.481 e. The van der Waals surface area contributed by atoms with Crippen LogP contribution in [-0.4, -0.2) is 41.3 Å². The van der Waals surface area contributed by atoms with Crippen molar-refractivity contribution >= 4 is 12.0 Å². The summed E-state index contributed by atoms with van der Waals surface area (Å²) < 4.78 is 5.06. The van der Waals surface area contributed by atoms with Crippen LogP contribution in [0.2, 0.25) is 0 Å². The average molecular weight is 265 g/mol. The number of carboxylic acid groups (broad SMARTS) is 1. The maximum absolute atomic E-state index is 11.7. The Labute approximate surface area is 110 Å². The molecule has 2 unspecified atom stereocenters. The van der Waals surface area contributed by atoms with Gasteiger partial charge in [0.25, 0.3) is 0 Å². The van der Waals surface area contributed by atoms with Crippen molar-refractivity contribution in [1.29, 1.82) is 0 Å². The van der Waals surface area contributed by atoms with E-state index in [1.54, 1.807) is 24.5 Å². The van der Waals surface area contributed by atoms with E-state index in [2.05, 4.69) is 15.6 Å². The molecule has 19 heavy (non-hydrogen) atoms. The molecule has 0 saturated carbocycles. The summed E-state index contributed by atoms with van der Waals surface area (Å²) in [6.45, 7) is 0.712. The summed E-state index contributed by atoms with van der Waals surface area (Å²) in [5.41, 5.74) is 0.919. The van der Waals surface area contributed by atoms with Gasteiger partial charge >= 0.3 is 12.0 Å². The minimum absolute atomic E-state index is 0.130. The van der Waals surface area contributed by atoms with E-state index in [0.29, 0.717) is 6.54 Å². The predicted octanol–water partition coefficient (Wildman–Crippen LogP) is -0.0196. The third-order valence-corrected chi connectivity index (χ3v) is 2.92. The molecule has 1 saturated heterocycles. The molecule has 2 amide bonds. The van der Waals surface area contributed by atoms with Crippen LogP contribution >= 0.6 is 0 Å². The van der Waals surface area contributed by atoms with Crippen molar-refractivity contribution in [2.24, 2.45) is 5.92 Å². The first-order chi connectivity index (χ1) is 9.16. The maximum Gasteiger partial charge on any atom is 0.315 e. The van der Waals surface area contributed by atoms with E-state index in [-0.39, 0.29) is 13.2 Å². The molecule has 7 heteroatoms. The first-order valence-corrected chi connectivity index (χ1v) is 5.90. The number of rotatable bonds is 4. The number of hydrogen-bond donors (Lipinski definition) is 3. The van der Waals surface area contributed by atoms with Crippen molar-refractivity contribution in [2.45, 2.75) is 12.6 Å². The molecular formula is C12H15N3O4. The number of urea groups is 1. The molecule has 3 N–H and O–H groups in total. The molecule has 1 aromatic rings. The van der Waals surface area contributed by atoms with Gasteiger partial charge < -0.3 is 20.5 Å². The smallest absolute Gasteiger partial charge is 0.315 e. The lowest BCUT2D eigenvalue weighted by molar-refractivity contribution is -0.142. The van der Waals surface area contributed by atoms with Crippen LogP contribution in [0.15, 0.2) is 24.5 Å². The van der Waals surface area contributed by atoms with E-state index in [1.165, 1.54) is 0 Å². The number of carbonyl (C=O) groups is 2. The van der Waals surface area contributed by atoms with Gasteiger partial charge in [-0.15, -0.1) is 0 Å². The first-order valence-electron chi connectivity index (χ1n) is 5.90. The van der Waals surface area contributed by atoms with Crippen molar-refractivity contribution in [3.63, 3.8) is 0 Å². The number of amides is 2. The van der Waals surface area contributed by atoms with Crippen LogP contribution in [0.5, 0.6) is 0 Å². The lowest BCUT2D eigenvalue weighted by Gasteiger charge is -2.16. The Balaban J connectivity index is 1.80. The molecule has 0 aromatic carbocycles. The Morgan fingerprint density at radius 3 is 2.79 bits per heavy atom. The monoisotopic (exact) mass is 265 g/mol. The Morgan fingerprint density at radius 2 is 2.11 bits per heavy atom. The highest BCUT2D eigenvalue weighted by atomic mass is 16.5. The van der Waals surface area contributed by atoms with Crippen molar-refractivity contribution in [1.82, 2.24) is 15.6 Å². The van der Waals surface area contributed by atoms with Gasteiger partial charge in [-0.3, -0.25) is 9.78 Å². The second-order valence-electron chi connectivity index (χ2n) is 4.27. The Bertz CT molecular complexity index is 452. The van der Waals surface area contributed by atoms with E-state index >= 15 is 0 Å². The summed E-state index contributed by atoms with van der Waals surface area (Å²) in [5, 5.41) is 14.2. The number of carbonyl (C=O) groups excluding carboxylic acids is 1. The van der Waals surface area contributed by atoms with Gasteiger partial charge in [-0.1, -0.05) is 0 Å². The molecule has 0 aliphatic carbocycles. The zero-order chi connectivity index (χ0) is 13.7. The van der Waals surface area contributed by atoms with Gasteiger partial charge in [-0.25, -0.2) is 4.79 Å². The Hall–Kier alpha value is -2.15. The highest BCUT2D eigenvalue weighted by molar-refractivity contribution is 5.77. The summed E-state index contributed by atoms with van der Waals surface area (Å²) in [4.78, 5) is 26.4. The standard InChI is InChI=1S/C12H15N3O4/c16-11(17)9-6-19-7-10(9)15-12(18)14-5-8-1-3-13-4-2-8/h1-4,9-10H,5-7H2,(H,16,17)(H2,14,15,18). The zero-order valence-corrected chi connectivity index (χ0v) is 10.2. The van der Waals surface area contributed by atoms with E-state index in [4.69, 9.17) is 9.84 Å². The Kier molecular flexibility index (Phi) is 4.30. The molecule has 2 atom stereocenters. The van der Waals surface area contributed by atoms with Gasteiger partial charge in [0.1, 0.15) is 5.92 Å². The summed E-state index contributed by atoms with van der Waals surface area (Å²) in [6.07, 6.45) is 3.28. The molecule has 0 radical (unpaired) electrons. The average Bonchev–Trinajstić information content (AvgIpc) is 2.86. The number of carboxylic acids is 1. The lowest BCUT2D eigenvalue weighted by Crippen LogP contribution is -2.47. The second-order valence-corrected chi connectivity index (χ2v) is 4.27. The first kappa shape index (κ1) is 13.3. The molecule has 0 spiro atoms. The SMILES string of the molecule is O=C(NCc1ccncc1)NC1COCC1C(=O)O. The van der Waals surface area contributed by atoms with Crippen molar-refractivity contribution < 1.29 is 19.4 Å². The van der Waals surface area contributed by atoms with E-state index in [9.17, 15) is 9.59 Å². The number of nitrogens with one attached hydrogen (secondary N) is 2. The molecule has 102 valence electrons. The highest BCUT2D eigenvalue weighted by Crippen LogP contribution is 2.13. The van der Waals surface area contributed by atoms with Crippen LogP contribution in [0.1, 0.15) is 5.56 Å². The van der Waals surface area contributed by atoms with Crippen LogP contribution in [0.3, 0.4) is 0 Å². The lowest BCUT2D eigenvalue weighted by atomic mass is 10.0. The molecule has 1 aliphatic heterocycles. The fourth-order valence-corrected chi connectivity index (χ4v) is 1.84. The van der Waals surface area contributed by atoms with E-state index in [0.717, 1.165) is 5.56 Å². The van der Waals surface area contributed by atoms with Gasteiger partial charge in [-0.05, 0) is 17.7 Å². The normalized spacial score (nSPS) is 21.9. The van der Waals surface area contributed by atoms with E-state index in [1.807, 2.05) is 0 Å². The minimum atomic E-state index is -0.961. The summed E-state index contributed by atoms with van der Waals surface area (Å²) in [5.74, 6) is -1.65. The molecule has 0 bridgehead atoms. The van der Waals surface area contributed by atoms with Gasteiger partial charge in [0.05, 0.1) is 19.3 Å². The summed E-state index contributed by atoms with van der Waals surface area (Å²) >= 11 is 0. The van der Waals surface area contributed by atoms with Gasteiger partial charge in [0.15, 0.2) is 0 Å². The van der Waals surface area contributed by atoms with Crippen LogP contribution in [0.25, 0.3) is 0 Å². The number of hydrogen-bond acceptors (Lipinski definition) is 4. The fourth-order valence-electron chi connectivity index (χ4n) is 1.84. The third kappa shape index (κ3) is 3.65. The number of aliphatic carboxylic acids is 1. The molecule has 1 aromatic heterocycles. The maximum atomic E-state index is 11.7. The highest BCUT2D eigenvalue weighted by Gasteiger charge is 2.34. The topological polar surface area (TPSA) is 101 Å². The van der Waals surface area contributed by atoms with Gasteiger partial charge in [-0.2, -0.15) is 0 Å². The molecule has 2 heterocycles. The zero-order valence-electron chi connectivity index (χ0n) is 10.2. The van der Waals surface area contributed by atoms with Crippen LogP contribution in [-0.2, 0) is 16.1 Å². The Morgan fingerprint density at radius 1 is 1.37 bits per heavy atom. The van der Waals surface area contributed by atoms with Crippen LogP contribution < -0.4 is 10.6 Å². The second kappa shape index (κ2) is 6.14. The number of ether oxygens (including phenoxy) is 1. The van der Waals surface area contributed by atoms with Crippen molar-refractivity contribution in [3.05, 3.63) is 30.1 Å². The molecule has 1 aliphatic rings. The van der Waals surface area contributed by atoms with Crippen molar-refractivity contribution in [3.8, 4) is 0 Å². The molecular weight excluding hydrogens is 250 g/mol. The van der Waals surface area contributed by atoms with E-state index < -0.39 is 24.0 Å². The number of pyridine rings is 1. The number of aromatic nitrogens is 1. The van der Waals surface area contributed by atoms with Gasteiger partial charge in [0.2, 0.25) is 0 Å². The predicted molar refractivity (Wildman–Crippen MR) is 65.3 cm³/mol. The quantitative estimate of drug-likeness (QED) is 0.710. The van der Waals surface area contributed by atoms with Gasteiger partial charge in [0, 0.05) is 18.9 Å². The third-order valence-electron chi connectivity index (χ3n) is 2.92. The minimum Gasteiger partial charge on any atom is -0.481 e. The molecule has 1 fully saturated rings. The molecule has 2 rings (SSSR count). The van der Waals surface area contributed by atoms with Crippen LogP contribution in [0, 0.1) is 5.92 Å². The molecule has 7 nitrogen and oxygen atoms in total. The fraction of sp³-hybridized carbons (Fsp3) is 0.417.